The number of para-hydroxylation sites is 1. The molecule has 0 radical (unpaired) electrons. The predicted octanol–water partition coefficient (Wildman–Crippen LogP) is 2.22. The van der Waals surface area contributed by atoms with E-state index in [1.807, 2.05) is 43.3 Å². The van der Waals surface area contributed by atoms with E-state index >= 15 is 0 Å². The summed E-state index contributed by atoms with van der Waals surface area (Å²) in [5, 5.41) is 10.6. The summed E-state index contributed by atoms with van der Waals surface area (Å²) in [4.78, 5) is 16.2. The third kappa shape index (κ3) is 2.94. The average Bonchev–Trinajstić information content (AvgIpc) is 2.98. The Kier molecular flexibility index (Phi) is 3.42. The zero-order valence-corrected chi connectivity index (χ0v) is 11.4. The highest BCUT2D eigenvalue weighted by molar-refractivity contribution is 6.02. The fourth-order valence-corrected chi connectivity index (χ4v) is 1.88. The number of carbonyl (C=O) groups is 1. The minimum atomic E-state index is -0.293. The number of nitrogens with one attached hydrogen (secondary N) is 1. The zero-order valence-electron chi connectivity index (χ0n) is 11.4. The number of hydrogen-bond acceptors (Lipinski definition) is 4. The van der Waals surface area contributed by atoms with Crippen LogP contribution in [0.15, 0.2) is 54.9 Å². The van der Waals surface area contributed by atoms with Crippen molar-refractivity contribution in [1.82, 2.24) is 20.0 Å². The van der Waals surface area contributed by atoms with E-state index in [-0.39, 0.29) is 11.6 Å². The SMILES string of the molecule is Cc1cc(-n2cc(C(=O)Nc3ccccc3)nn2)ccn1. The van der Waals surface area contributed by atoms with Crippen LogP contribution in [-0.4, -0.2) is 25.9 Å². The Morgan fingerprint density at radius 2 is 2.00 bits per heavy atom. The number of benzene rings is 1. The fourth-order valence-electron chi connectivity index (χ4n) is 1.88. The van der Waals surface area contributed by atoms with Crippen molar-refractivity contribution in [3.05, 3.63) is 66.2 Å². The topological polar surface area (TPSA) is 72.7 Å². The first-order valence-corrected chi connectivity index (χ1v) is 6.44. The van der Waals surface area contributed by atoms with Gasteiger partial charge in [0.05, 0.1) is 11.9 Å². The normalized spacial score (nSPS) is 10.3. The lowest BCUT2D eigenvalue weighted by Crippen LogP contribution is -2.12. The van der Waals surface area contributed by atoms with Gasteiger partial charge >= 0.3 is 0 Å². The maximum atomic E-state index is 12.1. The Balaban J connectivity index is 1.80. The van der Waals surface area contributed by atoms with Crippen molar-refractivity contribution in [3.63, 3.8) is 0 Å². The first kappa shape index (κ1) is 13.0. The zero-order chi connectivity index (χ0) is 14.7. The molecule has 0 spiro atoms. The molecule has 0 saturated carbocycles. The summed E-state index contributed by atoms with van der Waals surface area (Å²) in [6.45, 7) is 1.89. The molecule has 104 valence electrons. The molecule has 0 saturated heterocycles. The van der Waals surface area contributed by atoms with Gasteiger partial charge in [-0.1, -0.05) is 23.4 Å². The summed E-state index contributed by atoms with van der Waals surface area (Å²) in [6, 6.07) is 12.9. The molecule has 0 bridgehead atoms. The third-order valence-corrected chi connectivity index (χ3v) is 2.90. The van der Waals surface area contributed by atoms with Gasteiger partial charge in [0.25, 0.3) is 5.91 Å². The van der Waals surface area contributed by atoms with E-state index in [4.69, 9.17) is 0 Å². The van der Waals surface area contributed by atoms with E-state index in [1.165, 1.54) is 0 Å². The van der Waals surface area contributed by atoms with Crippen molar-refractivity contribution in [3.8, 4) is 5.69 Å². The Morgan fingerprint density at radius 1 is 1.19 bits per heavy atom. The Labute approximate surface area is 121 Å². The lowest BCUT2D eigenvalue weighted by Gasteiger charge is -2.01. The summed E-state index contributed by atoms with van der Waals surface area (Å²) in [5.41, 5.74) is 2.66. The van der Waals surface area contributed by atoms with Crippen LogP contribution in [0.25, 0.3) is 5.69 Å². The number of pyridine rings is 1. The lowest BCUT2D eigenvalue weighted by atomic mass is 10.3. The van der Waals surface area contributed by atoms with Crippen LogP contribution in [0.1, 0.15) is 16.2 Å². The molecule has 0 fully saturated rings. The first-order chi connectivity index (χ1) is 10.2. The minimum absolute atomic E-state index is 0.258. The van der Waals surface area contributed by atoms with Gasteiger partial charge in [0.1, 0.15) is 0 Å². The minimum Gasteiger partial charge on any atom is -0.321 e. The average molecular weight is 279 g/mol. The molecule has 3 aromatic rings. The second-order valence-electron chi connectivity index (χ2n) is 4.52. The number of amides is 1. The molecule has 0 unspecified atom stereocenters. The van der Waals surface area contributed by atoms with Gasteiger partial charge in [0.15, 0.2) is 5.69 Å². The smallest absolute Gasteiger partial charge is 0.277 e. The molecule has 2 aromatic heterocycles. The number of carbonyl (C=O) groups excluding carboxylic acids is 1. The van der Waals surface area contributed by atoms with Gasteiger partial charge in [0, 0.05) is 17.6 Å². The largest absolute Gasteiger partial charge is 0.321 e. The molecule has 2 heterocycles. The highest BCUT2D eigenvalue weighted by atomic mass is 16.2. The lowest BCUT2D eigenvalue weighted by molar-refractivity contribution is 0.102. The predicted molar refractivity (Wildman–Crippen MR) is 78.3 cm³/mol. The van der Waals surface area contributed by atoms with Crippen molar-refractivity contribution in [2.75, 3.05) is 5.32 Å². The van der Waals surface area contributed by atoms with Gasteiger partial charge in [0.2, 0.25) is 0 Å². The van der Waals surface area contributed by atoms with E-state index in [0.29, 0.717) is 0 Å². The van der Waals surface area contributed by atoms with Crippen molar-refractivity contribution in [1.29, 1.82) is 0 Å². The van der Waals surface area contributed by atoms with Crippen LogP contribution in [-0.2, 0) is 0 Å². The molecule has 1 N–H and O–H groups in total. The van der Waals surface area contributed by atoms with Crippen LogP contribution in [0.2, 0.25) is 0 Å². The molecule has 3 rings (SSSR count). The Bertz CT molecular complexity index is 766. The van der Waals surface area contributed by atoms with Crippen molar-refractivity contribution >= 4 is 11.6 Å². The van der Waals surface area contributed by atoms with Crippen molar-refractivity contribution in [2.45, 2.75) is 6.92 Å². The first-order valence-electron chi connectivity index (χ1n) is 6.44. The second kappa shape index (κ2) is 5.54. The molecule has 6 heteroatoms. The number of nitrogens with zero attached hydrogens (tertiary/aromatic N) is 4. The number of rotatable bonds is 3. The van der Waals surface area contributed by atoms with Crippen LogP contribution in [0, 0.1) is 6.92 Å². The van der Waals surface area contributed by atoms with Crippen LogP contribution in [0.5, 0.6) is 0 Å². The Morgan fingerprint density at radius 3 is 2.76 bits per heavy atom. The van der Waals surface area contributed by atoms with Gasteiger partial charge in [-0.05, 0) is 31.2 Å². The standard InChI is InChI=1S/C15H13N5O/c1-11-9-13(7-8-16-11)20-10-14(18-19-20)15(21)17-12-5-3-2-4-6-12/h2-10H,1H3,(H,17,21). The summed E-state index contributed by atoms with van der Waals surface area (Å²) < 4.78 is 1.55. The monoisotopic (exact) mass is 279 g/mol. The van der Waals surface area contributed by atoms with E-state index < -0.39 is 0 Å². The van der Waals surface area contributed by atoms with E-state index in [0.717, 1.165) is 17.1 Å². The summed E-state index contributed by atoms with van der Waals surface area (Å²) in [5.74, 6) is -0.293. The van der Waals surface area contributed by atoms with Gasteiger partial charge in [-0.3, -0.25) is 9.78 Å². The molecule has 0 aliphatic carbocycles. The number of aryl methyl sites for hydroxylation is 1. The third-order valence-electron chi connectivity index (χ3n) is 2.90. The highest BCUT2D eigenvalue weighted by Gasteiger charge is 2.11. The summed E-state index contributed by atoms with van der Waals surface area (Å²) in [7, 11) is 0. The van der Waals surface area contributed by atoms with E-state index in [9.17, 15) is 4.79 Å². The Hall–Kier alpha value is -3.02. The van der Waals surface area contributed by atoms with E-state index in [2.05, 4.69) is 20.6 Å². The maximum absolute atomic E-state index is 12.1. The van der Waals surface area contributed by atoms with Gasteiger partial charge in [-0.2, -0.15) is 0 Å². The van der Waals surface area contributed by atoms with E-state index in [1.54, 1.807) is 23.1 Å². The molecule has 0 aliphatic heterocycles. The van der Waals surface area contributed by atoms with Gasteiger partial charge in [-0.25, -0.2) is 4.68 Å². The highest BCUT2D eigenvalue weighted by Crippen LogP contribution is 2.10. The molecule has 6 nitrogen and oxygen atoms in total. The van der Waals surface area contributed by atoms with Crippen LogP contribution < -0.4 is 5.32 Å². The molecular formula is C15H13N5O. The second-order valence-corrected chi connectivity index (χ2v) is 4.52. The molecule has 1 amide bonds. The summed E-state index contributed by atoms with van der Waals surface area (Å²) >= 11 is 0. The van der Waals surface area contributed by atoms with Crippen LogP contribution in [0.3, 0.4) is 0 Å². The number of hydrogen-bond donors (Lipinski definition) is 1. The quantitative estimate of drug-likeness (QED) is 0.798. The number of anilines is 1. The van der Waals surface area contributed by atoms with Crippen LogP contribution >= 0.6 is 0 Å². The molecule has 1 aromatic carbocycles. The van der Waals surface area contributed by atoms with Crippen LogP contribution in [0.4, 0.5) is 5.69 Å². The fraction of sp³-hybridized carbons (Fsp3) is 0.0667. The molecule has 0 atom stereocenters. The molecular weight excluding hydrogens is 266 g/mol. The molecule has 0 aliphatic rings. The molecule has 21 heavy (non-hydrogen) atoms. The maximum Gasteiger partial charge on any atom is 0.277 e. The van der Waals surface area contributed by atoms with Crippen molar-refractivity contribution < 1.29 is 4.79 Å². The summed E-state index contributed by atoms with van der Waals surface area (Å²) in [6.07, 6.45) is 3.28. The van der Waals surface area contributed by atoms with Gasteiger partial charge < -0.3 is 5.32 Å². The number of aromatic nitrogens is 4. The van der Waals surface area contributed by atoms with Gasteiger partial charge in [-0.15, -0.1) is 5.10 Å². The van der Waals surface area contributed by atoms with Crippen molar-refractivity contribution in [2.24, 2.45) is 0 Å².